The van der Waals surface area contributed by atoms with Crippen LogP contribution in [0.25, 0.3) is 11.1 Å². The normalized spacial score (nSPS) is 13.9. The van der Waals surface area contributed by atoms with E-state index in [1.807, 2.05) is 24.3 Å². The first-order valence-electron chi connectivity index (χ1n) is 11.6. The standard InChI is InChI=1S/C26H32N2O6/c1-17(33-2)24(25(30)31)28-23(29)14-4-3-9-15-27-26(32)34-16-22-20-12-7-5-10-18(20)19-11-6-8-13-21(19)22/h5-8,10-13,17,22,24H,3-4,9,14-16H2,1-2H3,(H,27,32)(H,28,29)(H,30,31)/t17-,24+/m1/s1. The van der Waals surface area contributed by atoms with Crippen molar-refractivity contribution in [2.75, 3.05) is 20.3 Å². The van der Waals surface area contributed by atoms with Crippen molar-refractivity contribution in [2.45, 2.75) is 50.7 Å². The summed E-state index contributed by atoms with van der Waals surface area (Å²) in [5.74, 6) is -1.44. The SMILES string of the molecule is CO[C@H](C)[C@H](NC(=O)CCCCCNC(=O)OCC1c2ccccc2-c2ccccc21)C(=O)O. The number of carboxylic acids is 1. The van der Waals surface area contributed by atoms with E-state index in [0.717, 1.165) is 0 Å². The molecule has 2 aromatic rings. The van der Waals surface area contributed by atoms with Gasteiger partial charge in [0.2, 0.25) is 5.91 Å². The molecule has 8 heteroatoms. The van der Waals surface area contributed by atoms with Crippen molar-refractivity contribution in [3.8, 4) is 11.1 Å². The molecular weight excluding hydrogens is 436 g/mol. The average Bonchev–Trinajstić information content (AvgIpc) is 3.16. The second kappa shape index (κ2) is 12.2. The molecule has 0 aliphatic heterocycles. The van der Waals surface area contributed by atoms with E-state index in [1.54, 1.807) is 6.92 Å². The third kappa shape index (κ3) is 6.35. The largest absolute Gasteiger partial charge is 0.480 e. The molecule has 34 heavy (non-hydrogen) atoms. The molecule has 3 N–H and O–H groups in total. The second-order valence-electron chi connectivity index (χ2n) is 8.39. The quantitative estimate of drug-likeness (QED) is 0.410. The molecule has 0 heterocycles. The number of carbonyl (C=O) groups is 3. The Morgan fingerprint density at radius 3 is 2.18 bits per heavy atom. The number of hydrogen-bond donors (Lipinski definition) is 3. The van der Waals surface area contributed by atoms with Crippen LogP contribution in [0.5, 0.6) is 0 Å². The maximum absolute atomic E-state index is 12.2. The Morgan fingerprint density at radius 1 is 0.971 bits per heavy atom. The van der Waals surface area contributed by atoms with E-state index >= 15 is 0 Å². The van der Waals surface area contributed by atoms with Gasteiger partial charge in [-0.15, -0.1) is 0 Å². The van der Waals surface area contributed by atoms with Gasteiger partial charge in [-0.1, -0.05) is 55.0 Å². The summed E-state index contributed by atoms with van der Waals surface area (Å²) in [6.07, 6.45) is 1.13. The molecule has 0 spiro atoms. The molecule has 0 radical (unpaired) electrons. The highest BCUT2D eigenvalue weighted by Gasteiger charge is 2.29. The van der Waals surface area contributed by atoms with Crippen molar-refractivity contribution in [2.24, 2.45) is 0 Å². The first kappa shape index (κ1) is 25.2. The van der Waals surface area contributed by atoms with Crippen LogP contribution in [0.2, 0.25) is 0 Å². The van der Waals surface area contributed by atoms with Crippen molar-refractivity contribution >= 4 is 18.0 Å². The molecule has 1 aliphatic carbocycles. The minimum Gasteiger partial charge on any atom is -0.480 e. The zero-order valence-corrected chi connectivity index (χ0v) is 19.6. The molecule has 0 saturated heterocycles. The lowest BCUT2D eigenvalue weighted by Gasteiger charge is -2.20. The number of fused-ring (bicyclic) bond motifs is 3. The number of ether oxygens (including phenoxy) is 2. The highest BCUT2D eigenvalue weighted by Crippen LogP contribution is 2.44. The Balaban J connectivity index is 1.34. The summed E-state index contributed by atoms with van der Waals surface area (Å²) in [5, 5.41) is 14.4. The summed E-state index contributed by atoms with van der Waals surface area (Å²) in [6, 6.07) is 15.3. The molecular formula is C26H32N2O6. The fourth-order valence-corrected chi connectivity index (χ4v) is 4.19. The predicted octanol–water partition coefficient (Wildman–Crippen LogP) is 3.69. The van der Waals surface area contributed by atoms with Gasteiger partial charge in [0.05, 0.1) is 6.10 Å². The number of benzene rings is 2. The minimum atomic E-state index is -1.13. The first-order chi connectivity index (χ1) is 16.4. The van der Waals surface area contributed by atoms with E-state index in [1.165, 1.54) is 29.4 Å². The fraction of sp³-hybridized carbons (Fsp3) is 0.423. The van der Waals surface area contributed by atoms with Crippen molar-refractivity contribution in [1.29, 1.82) is 0 Å². The Bertz CT molecular complexity index is 963. The number of methoxy groups -OCH3 is 1. The fourth-order valence-electron chi connectivity index (χ4n) is 4.19. The van der Waals surface area contributed by atoms with Crippen LogP contribution in [0.1, 0.15) is 49.7 Å². The number of rotatable bonds is 12. The van der Waals surface area contributed by atoms with Crippen molar-refractivity contribution in [3.05, 3.63) is 59.7 Å². The van der Waals surface area contributed by atoms with Crippen LogP contribution in [-0.4, -0.2) is 55.5 Å². The lowest BCUT2D eigenvalue weighted by atomic mass is 9.98. The van der Waals surface area contributed by atoms with Crippen LogP contribution in [0.3, 0.4) is 0 Å². The highest BCUT2D eigenvalue weighted by atomic mass is 16.5. The molecule has 2 aromatic carbocycles. The van der Waals surface area contributed by atoms with Gasteiger partial charge < -0.3 is 25.2 Å². The average molecular weight is 469 g/mol. The minimum absolute atomic E-state index is 0.0205. The topological polar surface area (TPSA) is 114 Å². The van der Waals surface area contributed by atoms with Crippen molar-refractivity contribution in [1.82, 2.24) is 10.6 Å². The smallest absolute Gasteiger partial charge is 0.407 e. The summed E-state index contributed by atoms with van der Waals surface area (Å²) in [7, 11) is 1.40. The number of nitrogens with one attached hydrogen (secondary N) is 2. The summed E-state index contributed by atoms with van der Waals surface area (Å²) < 4.78 is 10.5. The van der Waals surface area contributed by atoms with E-state index in [4.69, 9.17) is 9.47 Å². The van der Waals surface area contributed by atoms with Crippen LogP contribution >= 0.6 is 0 Å². The van der Waals surface area contributed by atoms with Gasteiger partial charge in [-0.05, 0) is 42.0 Å². The van der Waals surface area contributed by atoms with E-state index < -0.39 is 24.2 Å². The lowest BCUT2D eigenvalue weighted by Crippen LogP contribution is -2.48. The summed E-state index contributed by atoms with van der Waals surface area (Å²) in [4.78, 5) is 35.4. The van der Waals surface area contributed by atoms with Crippen LogP contribution in [0.15, 0.2) is 48.5 Å². The number of carboxylic acid groups (broad SMARTS) is 1. The third-order valence-corrected chi connectivity index (χ3v) is 6.12. The molecule has 182 valence electrons. The predicted molar refractivity (Wildman–Crippen MR) is 128 cm³/mol. The summed E-state index contributed by atoms with van der Waals surface area (Å²) in [5.41, 5.74) is 4.70. The first-order valence-corrected chi connectivity index (χ1v) is 11.6. The summed E-state index contributed by atoms with van der Waals surface area (Å²) >= 11 is 0. The van der Waals surface area contributed by atoms with E-state index in [0.29, 0.717) is 25.8 Å². The Kier molecular flexibility index (Phi) is 9.04. The van der Waals surface area contributed by atoms with Crippen molar-refractivity contribution in [3.63, 3.8) is 0 Å². The molecule has 0 fully saturated rings. The Labute approximate surface area is 199 Å². The zero-order valence-electron chi connectivity index (χ0n) is 19.6. The van der Waals surface area contributed by atoms with Gasteiger partial charge in [-0.2, -0.15) is 0 Å². The second-order valence-corrected chi connectivity index (χ2v) is 8.39. The molecule has 1 aliphatic rings. The van der Waals surface area contributed by atoms with Crippen LogP contribution in [-0.2, 0) is 19.1 Å². The van der Waals surface area contributed by atoms with E-state index in [-0.39, 0.29) is 24.9 Å². The Hall–Kier alpha value is -3.39. The molecule has 0 unspecified atom stereocenters. The number of amides is 2. The van der Waals surface area contributed by atoms with Gasteiger partial charge >= 0.3 is 12.1 Å². The number of alkyl carbamates (subject to hydrolysis) is 1. The van der Waals surface area contributed by atoms with Gasteiger partial charge in [-0.3, -0.25) is 4.79 Å². The molecule has 3 rings (SSSR count). The molecule has 0 aromatic heterocycles. The van der Waals surface area contributed by atoms with Gasteiger partial charge in [0, 0.05) is 26.0 Å². The number of unbranched alkanes of at least 4 members (excludes halogenated alkanes) is 2. The van der Waals surface area contributed by atoms with E-state index in [9.17, 15) is 19.5 Å². The maximum Gasteiger partial charge on any atom is 0.407 e. The van der Waals surface area contributed by atoms with Crippen LogP contribution in [0.4, 0.5) is 4.79 Å². The highest BCUT2D eigenvalue weighted by molar-refractivity contribution is 5.84. The van der Waals surface area contributed by atoms with Crippen molar-refractivity contribution < 1.29 is 29.0 Å². The van der Waals surface area contributed by atoms with Crippen LogP contribution in [0, 0.1) is 0 Å². The third-order valence-electron chi connectivity index (χ3n) is 6.12. The maximum atomic E-state index is 12.2. The molecule has 0 saturated carbocycles. The van der Waals surface area contributed by atoms with Gasteiger partial charge in [0.15, 0.2) is 6.04 Å². The van der Waals surface area contributed by atoms with Gasteiger partial charge in [-0.25, -0.2) is 9.59 Å². The lowest BCUT2D eigenvalue weighted by molar-refractivity contribution is -0.145. The molecule has 2 amide bonds. The van der Waals surface area contributed by atoms with Gasteiger partial charge in [0.25, 0.3) is 0 Å². The molecule has 8 nitrogen and oxygen atoms in total. The van der Waals surface area contributed by atoms with E-state index in [2.05, 4.69) is 34.9 Å². The summed E-state index contributed by atoms with van der Waals surface area (Å²) in [6.45, 7) is 2.30. The number of aliphatic carboxylic acids is 1. The Morgan fingerprint density at radius 2 is 1.59 bits per heavy atom. The number of hydrogen-bond acceptors (Lipinski definition) is 5. The number of carbonyl (C=O) groups excluding carboxylic acids is 2. The monoisotopic (exact) mass is 468 g/mol. The molecule has 2 atom stereocenters. The van der Waals surface area contributed by atoms with Crippen LogP contribution < -0.4 is 10.6 Å². The molecule has 0 bridgehead atoms. The zero-order chi connectivity index (χ0) is 24.5. The van der Waals surface area contributed by atoms with Gasteiger partial charge in [0.1, 0.15) is 6.61 Å².